The lowest BCUT2D eigenvalue weighted by molar-refractivity contribution is 0.0240. The second-order valence-corrected chi connectivity index (χ2v) is 7.84. The van der Waals surface area contributed by atoms with Crippen molar-refractivity contribution in [3.05, 3.63) is 28.8 Å². The molecule has 3 rings (SSSR count). The Labute approximate surface area is 168 Å². The van der Waals surface area contributed by atoms with E-state index in [4.69, 9.17) is 15.0 Å². The molecule has 0 N–H and O–H groups in total. The van der Waals surface area contributed by atoms with Crippen molar-refractivity contribution in [3.63, 3.8) is 0 Å². The quantitative estimate of drug-likeness (QED) is 0.432. The van der Waals surface area contributed by atoms with Crippen LogP contribution in [0.2, 0.25) is 0 Å². The fourth-order valence-corrected chi connectivity index (χ4v) is 3.19. The van der Waals surface area contributed by atoms with Crippen LogP contribution in [-0.4, -0.2) is 73.0 Å². The van der Waals surface area contributed by atoms with E-state index in [1.54, 1.807) is 17.2 Å². The molecule has 1 aromatic heterocycles. The standard InChI is InChI=1S/C18H25N7O4/c1-18(2,3)29-16(26)24-8-6-23(7-9-24)15-5-4-13(10-20-15)25-14(11-21-22-19)12-28-17(25)27/h4-5,10,14H,6-9,11-12H2,1-3H3/t14-/m1/s1. The fraction of sp³-hybridized carbons (Fsp3) is 0.611. The number of rotatable bonds is 4. The minimum atomic E-state index is -0.515. The van der Waals surface area contributed by atoms with Crippen molar-refractivity contribution in [1.29, 1.82) is 0 Å². The second kappa shape index (κ2) is 8.44. The Hall–Kier alpha value is -3.20. The second-order valence-electron chi connectivity index (χ2n) is 7.84. The van der Waals surface area contributed by atoms with Crippen molar-refractivity contribution in [2.24, 2.45) is 5.11 Å². The first kappa shape index (κ1) is 20.5. The highest BCUT2D eigenvalue weighted by atomic mass is 16.6. The summed E-state index contributed by atoms with van der Waals surface area (Å²) in [4.78, 5) is 36.6. The van der Waals surface area contributed by atoms with Crippen molar-refractivity contribution in [2.75, 3.05) is 49.1 Å². The maximum absolute atomic E-state index is 12.2. The van der Waals surface area contributed by atoms with Gasteiger partial charge < -0.3 is 19.3 Å². The number of carbonyl (C=O) groups excluding carboxylic acids is 2. The molecule has 2 fully saturated rings. The normalized spacial score (nSPS) is 19.6. The highest BCUT2D eigenvalue weighted by Gasteiger charge is 2.34. The third-order valence-electron chi connectivity index (χ3n) is 4.58. The summed E-state index contributed by atoms with van der Waals surface area (Å²) in [5.74, 6) is 0.761. The van der Waals surface area contributed by atoms with E-state index >= 15 is 0 Å². The van der Waals surface area contributed by atoms with Gasteiger partial charge in [-0.15, -0.1) is 0 Å². The molecule has 0 aliphatic carbocycles. The van der Waals surface area contributed by atoms with Crippen LogP contribution < -0.4 is 9.80 Å². The van der Waals surface area contributed by atoms with Crippen molar-refractivity contribution in [3.8, 4) is 0 Å². The molecule has 0 spiro atoms. The molecule has 11 heteroatoms. The number of cyclic esters (lactones) is 1. The van der Waals surface area contributed by atoms with Crippen molar-refractivity contribution < 1.29 is 19.1 Å². The van der Waals surface area contributed by atoms with Gasteiger partial charge in [0.1, 0.15) is 18.0 Å². The average Bonchev–Trinajstić information content (AvgIpc) is 3.05. The van der Waals surface area contributed by atoms with E-state index < -0.39 is 11.7 Å². The third kappa shape index (κ3) is 5.00. The summed E-state index contributed by atoms with van der Waals surface area (Å²) < 4.78 is 10.5. The lowest BCUT2D eigenvalue weighted by Gasteiger charge is -2.36. The van der Waals surface area contributed by atoms with Gasteiger partial charge in [-0.3, -0.25) is 4.90 Å². The van der Waals surface area contributed by atoms with E-state index in [1.165, 1.54) is 4.90 Å². The van der Waals surface area contributed by atoms with Gasteiger partial charge in [-0.05, 0) is 38.4 Å². The molecule has 2 saturated heterocycles. The van der Waals surface area contributed by atoms with Crippen LogP contribution in [0.15, 0.2) is 23.4 Å². The maximum Gasteiger partial charge on any atom is 0.414 e. The molecule has 156 valence electrons. The predicted molar refractivity (Wildman–Crippen MR) is 106 cm³/mol. The fourth-order valence-electron chi connectivity index (χ4n) is 3.19. The Bertz CT molecular complexity index is 793. The number of azide groups is 1. The smallest absolute Gasteiger partial charge is 0.414 e. The van der Waals surface area contributed by atoms with Crippen LogP contribution in [0.3, 0.4) is 0 Å². The minimum absolute atomic E-state index is 0.136. The number of carbonyl (C=O) groups is 2. The zero-order valence-corrected chi connectivity index (χ0v) is 16.8. The molecule has 29 heavy (non-hydrogen) atoms. The molecule has 11 nitrogen and oxygen atoms in total. The monoisotopic (exact) mass is 403 g/mol. The van der Waals surface area contributed by atoms with Gasteiger partial charge in [0, 0.05) is 31.1 Å². The Morgan fingerprint density at radius 2 is 2.07 bits per heavy atom. The van der Waals surface area contributed by atoms with Crippen LogP contribution >= 0.6 is 0 Å². The van der Waals surface area contributed by atoms with E-state index in [9.17, 15) is 9.59 Å². The van der Waals surface area contributed by atoms with Gasteiger partial charge in [0.25, 0.3) is 0 Å². The first-order chi connectivity index (χ1) is 13.8. The number of nitrogens with zero attached hydrogens (tertiary/aromatic N) is 7. The van der Waals surface area contributed by atoms with E-state index in [-0.39, 0.29) is 25.3 Å². The van der Waals surface area contributed by atoms with Gasteiger partial charge in [-0.2, -0.15) is 0 Å². The topological polar surface area (TPSA) is 124 Å². The largest absolute Gasteiger partial charge is 0.447 e. The van der Waals surface area contributed by atoms with Crippen molar-refractivity contribution in [1.82, 2.24) is 9.88 Å². The molecule has 3 heterocycles. The van der Waals surface area contributed by atoms with E-state index in [1.807, 2.05) is 26.8 Å². The van der Waals surface area contributed by atoms with Crippen LogP contribution in [0, 0.1) is 0 Å². The number of hydrogen-bond donors (Lipinski definition) is 0. The summed E-state index contributed by atoms with van der Waals surface area (Å²) in [6.07, 6.45) is 0.813. The van der Waals surface area contributed by atoms with Crippen LogP contribution in [0.5, 0.6) is 0 Å². The first-order valence-corrected chi connectivity index (χ1v) is 9.44. The van der Waals surface area contributed by atoms with Crippen LogP contribution in [-0.2, 0) is 9.47 Å². The molecular weight excluding hydrogens is 378 g/mol. The molecule has 0 unspecified atom stereocenters. The van der Waals surface area contributed by atoms with Crippen LogP contribution in [0.4, 0.5) is 21.1 Å². The van der Waals surface area contributed by atoms with Crippen molar-refractivity contribution in [2.45, 2.75) is 32.4 Å². The highest BCUT2D eigenvalue weighted by Crippen LogP contribution is 2.25. The number of amides is 2. The number of hydrogen-bond acceptors (Lipinski definition) is 7. The minimum Gasteiger partial charge on any atom is -0.447 e. The molecule has 0 bridgehead atoms. The molecule has 2 aliphatic rings. The van der Waals surface area contributed by atoms with Gasteiger partial charge >= 0.3 is 12.2 Å². The zero-order chi connectivity index (χ0) is 21.0. The lowest BCUT2D eigenvalue weighted by Crippen LogP contribution is -2.50. The predicted octanol–water partition coefficient (Wildman–Crippen LogP) is 2.77. The molecule has 2 amide bonds. The van der Waals surface area contributed by atoms with E-state index in [2.05, 4.69) is 19.9 Å². The Morgan fingerprint density at radius 3 is 2.66 bits per heavy atom. The van der Waals surface area contributed by atoms with Gasteiger partial charge in [-0.1, -0.05) is 5.11 Å². The van der Waals surface area contributed by atoms with E-state index in [0.717, 1.165) is 5.82 Å². The third-order valence-corrected chi connectivity index (χ3v) is 4.58. The Balaban J connectivity index is 1.60. The molecular formula is C18H25N7O4. The maximum atomic E-state index is 12.2. The summed E-state index contributed by atoms with van der Waals surface area (Å²) >= 11 is 0. The number of pyridine rings is 1. The summed E-state index contributed by atoms with van der Waals surface area (Å²) in [6, 6.07) is 3.27. The summed E-state index contributed by atoms with van der Waals surface area (Å²) in [5, 5.41) is 3.53. The summed E-state index contributed by atoms with van der Waals surface area (Å²) in [7, 11) is 0. The lowest BCUT2D eigenvalue weighted by atomic mass is 10.2. The number of aromatic nitrogens is 1. The highest BCUT2D eigenvalue weighted by molar-refractivity contribution is 5.90. The molecule has 1 atom stereocenters. The Kier molecular flexibility index (Phi) is 5.97. The molecule has 0 saturated carbocycles. The summed E-state index contributed by atoms with van der Waals surface area (Å²) in [5.41, 5.74) is 8.57. The molecule has 0 radical (unpaired) electrons. The number of anilines is 2. The molecule has 2 aliphatic heterocycles. The molecule has 0 aromatic carbocycles. The van der Waals surface area contributed by atoms with Crippen molar-refractivity contribution >= 4 is 23.7 Å². The Morgan fingerprint density at radius 1 is 1.34 bits per heavy atom. The zero-order valence-electron chi connectivity index (χ0n) is 16.8. The van der Waals surface area contributed by atoms with Gasteiger partial charge in [0.2, 0.25) is 0 Å². The van der Waals surface area contributed by atoms with Gasteiger partial charge in [0.15, 0.2) is 0 Å². The SMILES string of the molecule is CC(C)(C)OC(=O)N1CCN(c2ccc(N3C(=O)OC[C@H]3CN=[N+]=[N-])cn2)CC1. The van der Waals surface area contributed by atoms with Gasteiger partial charge in [-0.25, -0.2) is 14.6 Å². The van der Waals surface area contributed by atoms with Gasteiger partial charge in [0.05, 0.1) is 24.5 Å². The number of piperazine rings is 1. The van der Waals surface area contributed by atoms with Crippen LogP contribution in [0.25, 0.3) is 10.4 Å². The number of ether oxygens (including phenoxy) is 2. The molecule has 1 aromatic rings. The van der Waals surface area contributed by atoms with E-state index in [0.29, 0.717) is 31.9 Å². The van der Waals surface area contributed by atoms with Crippen LogP contribution in [0.1, 0.15) is 20.8 Å². The average molecular weight is 403 g/mol. The first-order valence-electron chi connectivity index (χ1n) is 9.44. The summed E-state index contributed by atoms with van der Waals surface area (Å²) in [6.45, 7) is 8.21.